The van der Waals surface area contributed by atoms with Gasteiger partial charge in [0.1, 0.15) is 17.5 Å². The van der Waals surface area contributed by atoms with Gasteiger partial charge in [0.05, 0.1) is 0 Å². The van der Waals surface area contributed by atoms with Gasteiger partial charge in [0, 0.05) is 31.6 Å². The second-order valence-electron chi connectivity index (χ2n) is 7.32. The second kappa shape index (κ2) is 6.20. The molecule has 1 aromatic heterocycles. The first-order chi connectivity index (χ1) is 9.82. The van der Waals surface area contributed by atoms with Crippen LogP contribution in [-0.4, -0.2) is 29.6 Å². The Morgan fingerprint density at radius 1 is 1.33 bits per heavy atom. The smallest absolute Gasteiger partial charge is 0.136 e. The molecule has 1 aliphatic rings. The second-order valence-corrected chi connectivity index (χ2v) is 7.32. The van der Waals surface area contributed by atoms with Crippen molar-refractivity contribution in [2.75, 3.05) is 23.8 Å². The predicted octanol–water partition coefficient (Wildman–Crippen LogP) is 4.05. The first kappa shape index (κ1) is 16.1. The third-order valence-electron chi connectivity index (χ3n) is 4.42. The normalized spacial score (nSPS) is 16.7. The van der Waals surface area contributed by atoms with Gasteiger partial charge in [0.15, 0.2) is 0 Å². The molecule has 0 amide bonds. The van der Waals surface area contributed by atoms with Crippen LogP contribution in [0.5, 0.6) is 0 Å². The number of nitrogens with one attached hydrogen (secondary N) is 1. The summed E-state index contributed by atoms with van der Waals surface area (Å²) in [5.74, 6) is 3.59. The number of rotatable bonds is 6. The van der Waals surface area contributed by atoms with E-state index < -0.39 is 0 Å². The minimum absolute atomic E-state index is 0.219. The Bertz CT molecular complexity index is 474. The minimum atomic E-state index is 0.219. The minimum Gasteiger partial charge on any atom is -0.370 e. The van der Waals surface area contributed by atoms with Crippen LogP contribution < -0.4 is 10.2 Å². The van der Waals surface area contributed by atoms with Crippen LogP contribution in [0.2, 0.25) is 0 Å². The van der Waals surface area contributed by atoms with Crippen LogP contribution in [0.15, 0.2) is 6.07 Å². The summed E-state index contributed by atoms with van der Waals surface area (Å²) in [7, 11) is 2.14. The van der Waals surface area contributed by atoms with Crippen LogP contribution in [0.1, 0.15) is 65.6 Å². The van der Waals surface area contributed by atoms with Crippen molar-refractivity contribution >= 4 is 11.6 Å². The van der Waals surface area contributed by atoms with E-state index in [1.165, 1.54) is 12.8 Å². The highest BCUT2D eigenvalue weighted by atomic mass is 15.2. The first-order valence-corrected chi connectivity index (χ1v) is 8.18. The molecular weight excluding hydrogens is 260 g/mol. The summed E-state index contributed by atoms with van der Waals surface area (Å²) in [6.07, 6.45) is 3.57. The van der Waals surface area contributed by atoms with E-state index in [0.29, 0.717) is 12.0 Å². The summed E-state index contributed by atoms with van der Waals surface area (Å²) < 4.78 is 0. The highest BCUT2D eigenvalue weighted by Gasteiger charge is 2.29. The van der Waals surface area contributed by atoms with Crippen molar-refractivity contribution in [3.8, 4) is 0 Å². The molecule has 1 saturated carbocycles. The SMILES string of the molecule is CCCNc1cc(N(C)C(C)C(C)(C)C)nc(C2CC2)n1. The molecule has 4 heteroatoms. The standard InChI is InChI=1S/C17H30N4/c1-7-10-18-14-11-15(20-16(19-14)13-8-9-13)21(6)12(2)17(3,4)5/h11-13H,7-10H2,1-6H3,(H,18,19,20). The van der Waals surface area contributed by atoms with E-state index in [4.69, 9.17) is 4.98 Å². The number of hydrogen-bond donors (Lipinski definition) is 1. The van der Waals surface area contributed by atoms with Crippen LogP contribution in [0.25, 0.3) is 0 Å². The fourth-order valence-electron chi connectivity index (χ4n) is 2.28. The van der Waals surface area contributed by atoms with E-state index in [2.05, 4.69) is 62.9 Å². The fourth-order valence-corrected chi connectivity index (χ4v) is 2.28. The van der Waals surface area contributed by atoms with Crippen molar-refractivity contribution in [2.45, 2.75) is 65.8 Å². The zero-order valence-electron chi connectivity index (χ0n) is 14.4. The molecule has 1 heterocycles. The van der Waals surface area contributed by atoms with Gasteiger partial charge < -0.3 is 10.2 Å². The molecule has 1 aliphatic carbocycles. The Morgan fingerprint density at radius 2 is 2.00 bits per heavy atom. The molecule has 0 radical (unpaired) electrons. The van der Waals surface area contributed by atoms with E-state index in [0.717, 1.165) is 30.4 Å². The lowest BCUT2D eigenvalue weighted by Crippen LogP contribution is -2.40. The molecule has 1 fully saturated rings. The van der Waals surface area contributed by atoms with Crippen LogP contribution in [0.3, 0.4) is 0 Å². The number of aromatic nitrogens is 2. The fraction of sp³-hybridized carbons (Fsp3) is 0.765. The molecule has 0 aromatic carbocycles. The summed E-state index contributed by atoms with van der Waals surface area (Å²) in [6.45, 7) is 12.2. The van der Waals surface area contributed by atoms with E-state index in [-0.39, 0.29) is 5.41 Å². The zero-order chi connectivity index (χ0) is 15.6. The van der Waals surface area contributed by atoms with Gasteiger partial charge in [-0.25, -0.2) is 9.97 Å². The molecule has 4 nitrogen and oxygen atoms in total. The number of hydrogen-bond acceptors (Lipinski definition) is 4. The van der Waals surface area contributed by atoms with Crippen LogP contribution in [0, 0.1) is 5.41 Å². The van der Waals surface area contributed by atoms with Crippen molar-refractivity contribution in [3.05, 3.63) is 11.9 Å². The molecular formula is C17H30N4. The number of nitrogens with zero attached hydrogens (tertiary/aromatic N) is 3. The van der Waals surface area contributed by atoms with E-state index >= 15 is 0 Å². The van der Waals surface area contributed by atoms with Crippen LogP contribution in [-0.2, 0) is 0 Å². The maximum Gasteiger partial charge on any atom is 0.136 e. The molecule has 2 rings (SSSR count). The maximum absolute atomic E-state index is 4.81. The molecule has 0 saturated heterocycles. The molecule has 1 aromatic rings. The van der Waals surface area contributed by atoms with E-state index in [1.807, 2.05) is 0 Å². The highest BCUT2D eigenvalue weighted by molar-refractivity contribution is 5.50. The van der Waals surface area contributed by atoms with Crippen molar-refractivity contribution in [3.63, 3.8) is 0 Å². The molecule has 118 valence electrons. The Balaban J connectivity index is 2.26. The molecule has 1 unspecified atom stereocenters. The van der Waals surface area contributed by atoms with Crippen LogP contribution in [0.4, 0.5) is 11.6 Å². The van der Waals surface area contributed by atoms with Gasteiger partial charge in [0.2, 0.25) is 0 Å². The lowest BCUT2D eigenvalue weighted by atomic mass is 9.87. The van der Waals surface area contributed by atoms with Gasteiger partial charge >= 0.3 is 0 Å². The first-order valence-electron chi connectivity index (χ1n) is 8.18. The summed E-state index contributed by atoms with van der Waals surface area (Å²) >= 11 is 0. The highest BCUT2D eigenvalue weighted by Crippen LogP contribution is 2.39. The van der Waals surface area contributed by atoms with Gasteiger partial charge in [-0.2, -0.15) is 0 Å². The predicted molar refractivity (Wildman–Crippen MR) is 90.1 cm³/mol. The summed E-state index contributed by atoms with van der Waals surface area (Å²) in [5, 5.41) is 3.41. The summed E-state index contributed by atoms with van der Waals surface area (Å²) in [5.41, 5.74) is 0.219. The number of anilines is 2. The van der Waals surface area contributed by atoms with Crippen molar-refractivity contribution in [2.24, 2.45) is 5.41 Å². The molecule has 0 aliphatic heterocycles. The van der Waals surface area contributed by atoms with Gasteiger partial charge in [-0.1, -0.05) is 27.7 Å². The summed E-state index contributed by atoms with van der Waals surface area (Å²) in [4.78, 5) is 11.8. The zero-order valence-corrected chi connectivity index (χ0v) is 14.4. The lowest BCUT2D eigenvalue weighted by Gasteiger charge is -2.36. The molecule has 1 atom stereocenters. The lowest BCUT2D eigenvalue weighted by molar-refractivity contribution is 0.328. The molecule has 0 bridgehead atoms. The topological polar surface area (TPSA) is 41.0 Å². The largest absolute Gasteiger partial charge is 0.370 e. The monoisotopic (exact) mass is 290 g/mol. The van der Waals surface area contributed by atoms with E-state index in [9.17, 15) is 0 Å². The molecule has 1 N–H and O–H groups in total. The van der Waals surface area contributed by atoms with Gasteiger partial charge in [-0.15, -0.1) is 0 Å². The van der Waals surface area contributed by atoms with Gasteiger partial charge in [0.25, 0.3) is 0 Å². The Morgan fingerprint density at radius 3 is 2.52 bits per heavy atom. The average Bonchev–Trinajstić information content (AvgIpc) is 3.26. The quantitative estimate of drug-likeness (QED) is 0.858. The third-order valence-corrected chi connectivity index (χ3v) is 4.42. The van der Waals surface area contributed by atoms with Crippen LogP contribution >= 0.6 is 0 Å². The molecule has 0 spiro atoms. The Kier molecular flexibility index (Phi) is 4.74. The van der Waals surface area contributed by atoms with Gasteiger partial charge in [-0.05, 0) is 31.6 Å². The van der Waals surface area contributed by atoms with Crippen molar-refractivity contribution in [1.29, 1.82) is 0 Å². The summed E-state index contributed by atoms with van der Waals surface area (Å²) in [6, 6.07) is 2.50. The molecule has 21 heavy (non-hydrogen) atoms. The van der Waals surface area contributed by atoms with Crippen molar-refractivity contribution in [1.82, 2.24) is 9.97 Å². The average molecular weight is 290 g/mol. The maximum atomic E-state index is 4.81. The third kappa shape index (κ3) is 4.08. The Hall–Kier alpha value is -1.32. The Labute approximate surface area is 129 Å². The van der Waals surface area contributed by atoms with Gasteiger partial charge in [-0.3, -0.25) is 0 Å². The van der Waals surface area contributed by atoms with Crippen molar-refractivity contribution < 1.29 is 0 Å². The van der Waals surface area contributed by atoms with E-state index in [1.54, 1.807) is 0 Å².